The van der Waals surface area contributed by atoms with Crippen molar-refractivity contribution in [3.05, 3.63) is 114 Å². The number of carbonyl (C=O) groups is 15. The van der Waals surface area contributed by atoms with E-state index in [1.165, 1.54) is 6.08 Å². The first-order valence-corrected chi connectivity index (χ1v) is 35.1. The Hall–Kier alpha value is -10.8. The van der Waals surface area contributed by atoms with E-state index in [2.05, 4.69) is 53.2 Å². The second-order valence-corrected chi connectivity index (χ2v) is 24.8. The van der Waals surface area contributed by atoms with Gasteiger partial charge in [-0.2, -0.15) is 0 Å². The molecule has 1 fully saturated rings. The zero-order valence-corrected chi connectivity index (χ0v) is 58.6. The minimum Gasteiger partial charge on any atom is -0.481 e. The average Bonchev–Trinajstić information content (AvgIpc) is 1.40. The van der Waals surface area contributed by atoms with Crippen molar-refractivity contribution in [2.75, 3.05) is 97.2 Å². The Morgan fingerprint density at radius 2 is 1.15 bits per heavy atom. The van der Waals surface area contributed by atoms with Crippen LogP contribution in [0.25, 0.3) is 6.08 Å². The van der Waals surface area contributed by atoms with E-state index in [0.29, 0.717) is 44.0 Å². The number of benzene rings is 2. The lowest BCUT2D eigenvalue weighted by molar-refractivity contribution is -0.688. The van der Waals surface area contributed by atoms with E-state index in [1.807, 2.05) is 76.5 Å². The number of anilines is 1. The summed E-state index contributed by atoms with van der Waals surface area (Å²) in [7, 11) is 0. The Kier molecular flexibility index (Phi) is 38.9. The summed E-state index contributed by atoms with van der Waals surface area (Å²) in [6, 6.07) is 17.8. The summed E-state index contributed by atoms with van der Waals surface area (Å²) in [4.78, 5) is 187. The molecule has 1 aromatic heterocycles. The first kappa shape index (κ1) is 83.9. The van der Waals surface area contributed by atoms with Crippen LogP contribution in [0.15, 0.2) is 97.4 Å². The maximum Gasteiger partial charge on any atom is 0.326 e. The Morgan fingerprint density at radius 3 is 1.87 bits per heavy atom. The molecule has 2 atom stereocenters. The third-order valence-corrected chi connectivity index (χ3v) is 16.5. The summed E-state index contributed by atoms with van der Waals surface area (Å²) in [5.74, 6) is -7.66. The zero-order chi connectivity index (χ0) is 75.3. The highest BCUT2D eigenvalue weighted by molar-refractivity contribution is 6.13. The van der Waals surface area contributed by atoms with Crippen LogP contribution in [0.4, 0.5) is 5.69 Å². The van der Waals surface area contributed by atoms with E-state index >= 15 is 0 Å². The molecule has 32 nitrogen and oxygen atoms in total. The Balaban J connectivity index is 0.922. The number of carbonyl (C=O) groups excluding carboxylic acids is 13. The predicted molar refractivity (Wildman–Crippen MR) is 376 cm³/mol. The van der Waals surface area contributed by atoms with Gasteiger partial charge in [-0.05, 0) is 106 Å². The number of piperidine rings is 1. The molecule has 13 amide bonds. The first-order chi connectivity index (χ1) is 50.1. The van der Waals surface area contributed by atoms with E-state index in [-0.39, 0.29) is 141 Å². The maximum absolute atomic E-state index is 13.4. The maximum atomic E-state index is 13.4. The summed E-state index contributed by atoms with van der Waals surface area (Å²) in [5, 5.41) is 44.1. The lowest BCUT2D eigenvalue weighted by atomic mass is 9.91. The number of hydrogen-bond donors (Lipinski definition) is 12. The number of hydrogen-bond acceptors (Lipinski definition) is 17. The Morgan fingerprint density at radius 1 is 0.529 bits per heavy atom. The molecule has 3 aromatic rings. The van der Waals surface area contributed by atoms with Gasteiger partial charge < -0.3 is 77.8 Å². The molecule has 12 N–H and O–H groups in total. The normalized spacial score (nSPS) is 13.3. The van der Waals surface area contributed by atoms with Crippen molar-refractivity contribution in [3.8, 4) is 0 Å². The number of ether oxygens (including phenoxy) is 2. The highest BCUT2D eigenvalue weighted by Crippen LogP contribution is 2.24. The predicted octanol–water partition coefficient (Wildman–Crippen LogP) is 0.678. The quantitative estimate of drug-likeness (QED) is 0.0160. The van der Waals surface area contributed by atoms with Crippen molar-refractivity contribution < 1.29 is 96.2 Å². The topological polar surface area (TPSA) is 446 Å². The minimum atomic E-state index is -1.33. The van der Waals surface area contributed by atoms with Crippen LogP contribution in [-0.4, -0.2) is 213 Å². The van der Waals surface area contributed by atoms with Gasteiger partial charge in [0.25, 0.3) is 17.7 Å². The molecule has 0 aliphatic carbocycles. The van der Waals surface area contributed by atoms with Gasteiger partial charge >= 0.3 is 11.9 Å². The number of rotatable bonds is 50. The van der Waals surface area contributed by atoms with Crippen LogP contribution >= 0.6 is 0 Å². The van der Waals surface area contributed by atoms with Crippen molar-refractivity contribution >= 4 is 100 Å². The largest absolute Gasteiger partial charge is 0.481 e. The van der Waals surface area contributed by atoms with Gasteiger partial charge in [0.1, 0.15) is 18.7 Å². The molecule has 0 radical (unpaired) electrons. The molecule has 2 aliphatic heterocycles. The lowest BCUT2D eigenvalue weighted by Gasteiger charge is -2.32. The molecule has 2 aliphatic rings. The van der Waals surface area contributed by atoms with E-state index in [4.69, 9.17) is 14.6 Å². The molecule has 32 heteroatoms. The monoisotopic (exact) mass is 1450 g/mol. The Bertz CT molecular complexity index is 3400. The molecule has 564 valence electrons. The van der Waals surface area contributed by atoms with Gasteiger partial charge in [0.2, 0.25) is 59.1 Å². The van der Waals surface area contributed by atoms with Crippen LogP contribution in [0.3, 0.4) is 0 Å². The number of aliphatic carboxylic acids is 2. The van der Waals surface area contributed by atoms with E-state index < -0.39 is 96.2 Å². The first-order valence-electron chi connectivity index (χ1n) is 35.1. The summed E-state index contributed by atoms with van der Waals surface area (Å²) < 4.78 is 12.7. The van der Waals surface area contributed by atoms with E-state index in [9.17, 15) is 77.0 Å². The van der Waals surface area contributed by atoms with Gasteiger partial charge in [0, 0.05) is 145 Å². The fraction of sp³-hybridized carbons (Fsp3) is 0.500. The average molecular weight is 1450 g/mol. The number of unbranched alkanes of at least 4 members (excludes halogenated alkanes) is 2. The fourth-order valence-electron chi connectivity index (χ4n) is 10.7. The minimum absolute atomic E-state index is 0.00180. The lowest BCUT2D eigenvalue weighted by Crippen LogP contribution is -2.49. The van der Waals surface area contributed by atoms with Gasteiger partial charge in [-0.15, -0.1) is 0 Å². The molecule has 1 saturated heterocycles. The summed E-state index contributed by atoms with van der Waals surface area (Å²) >= 11 is 0. The molecule has 0 bridgehead atoms. The highest BCUT2D eigenvalue weighted by Gasteiger charge is 2.27. The Labute approximate surface area is 603 Å². The number of nitrogens with zero attached hydrogens (tertiary/aromatic N) is 3. The molecule has 0 spiro atoms. The van der Waals surface area contributed by atoms with Crippen molar-refractivity contribution in [2.45, 2.75) is 134 Å². The van der Waals surface area contributed by atoms with Crippen LogP contribution in [-0.2, 0) is 83.1 Å². The van der Waals surface area contributed by atoms with Crippen LogP contribution in [0, 0.1) is 5.92 Å². The van der Waals surface area contributed by atoms with Gasteiger partial charge in [-0.3, -0.25) is 72.0 Å². The van der Waals surface area contributed by atoms with Gasteiger partial charge in [0.15, 0.2) is 18.9 Å². The number of carboxylic acid groups (broad SMARTS) is 2. The molecular weight excluding hydrogens is 1350 g/mol. The van der Waals surface area contributed by atoms with Crippen molar-refractivity contribution in [1.82, 2.24) is 57.7 Å². The number of amides is 13. The number of pyridine rings is 1. The number of aromatic nitrogens is 1. The number of imide groups is 1. The summed E-state index contributed by atoms with van der Waals surface area (Å²) in [6.45, 7) is 2.13. The van der Waals surface area contributed by atoms with E-state index in [1.54, 1.807) is 18.2 Å². The van der Waals surface area contributed by atoms with Crippen LogP contribution in [0.2, 0.25) is 0 Å². The van der Waals surface area contributed by atoms with Crippen LogP contribution in [0.1, 0.15) is 137 Å². The molecule has 0 unspecified atom stereocenters. The molecule has 0 saturated carbocycles. The molecule has 3 heterocycles. The smallest absolute Gasteiger partial charge is 0.326 e. The second-order valence-electron chi connectivity index (χ2n) is 24.8. The summed E-state index contributed by atoms with van der Waals surface area (Å²) in [5.41, 5.74) is 2.99. The van der Waals surface area contributed by atoms with Crippen molar-refractivity contribution in [1.29, 1.82) is 0 Å². The SMILES string of the molecule is O=C(O)CCCC(=O)N[C@@H](CCC(=O)NCCCOCC(=O)NCCOCCC(=O)NCCCC[C@@H](NC(=O)CCNC(=O)CCCN1C(=O)C=CC1=O)C(=O)NCC(=O)NCC(=O)Nc1ccc(C[n+]2ccc(/C=C/C(=O)NCCCCC3CCN(C(=O)c4ccccc4)CC3)cc2)cc1)C(=O)O. The van der Waals surface area contributed by atoms with Crippen LogP contribution < -0.4 is 57.7 Å². The molecule has 104 heavy (non-hydrogen) atoms. The second kappa shape index (κ2) is 48.2. The third kappa shape index (κ3) is 35.7. The van der Waals surface area contributed by atoms with Gasteiger partial charge in [0.05, 0.1) is 26.3 Å². The fourth-order valence-corrected chi connectivity index (χ4v) is 10.7. The zero-order valence-electron chi connectivity index (χ0n) is 58.6. The third-order valence-electron chi connectivity index (χ3n) is 16.5. The van der Waals surface area contributed by atoms with Crippen molar-refractivity contribution in [2.24, 2.45) is 5.92 Å². The van der Waals surface area contributed by atoms with Gasteiger partial charge in [-0.25, -0.2) is 9.36 Å². The number of nitrogens with one attached hydrogen (secondary N) is 10. The number of carboxylic acids is 2. The summed E-state index contributed by atoms with van der Waals surface area (Å²) in [6.07, 6.45) is 14.6. The van der Waals surface area contributed by atoms with E-state index in [0.717, 1.165) is 78.9 Å². The highest BCUT2D eigenvalue weighted by atomic mass is 16.5. The number of likely N-dealkylation sites (tertiary alicyclic amines) is 1. The van der Waals surface area contributed by atoms with Crippen LogP contribution in [0.5, 0.6) is 0 Å². The molecule has 5 rings (SSSR count). The standard InChI is InChI=1S/C72H97N13O19/c86-58(16-9-39-85-67(95)26-27-68(85)96)76-37-28-63(91)81-56(14-5-7-35-74-61(89)33-45-103-46-38-77-66(94)50-104-44-10-36-75-60(88)25-23-57(72(101)102)82-62(90)15-8-17-69(97)98)70(99)79-47-64(92)78-48-65(93)80-55-21-18-53(19-22-55)49-83-40-29-52(30-41-83)20-24-59(87)73-34-6-4-11-51-31-42-84(43-32-51)71(100)54-12-2-1-3-13-54/h1-3,12-13,18-22,24,26-27,29-30,40-41,51,56-57H,4-11,14-17,23,25,28,31-39,42-50H2,(H11-,73,74,75,76,77,78,79,80,81,82,86,87,88,89,90,91,92,93,94,97,98,99,101,102)/p+1/b24-20+/t56-,57+/m1/s1. The van der Waals surface area contributed by atoms with Gasteiger partial charge in [-0.1, -0.05) is 43.2 Å². The molecule has 2 aromatic carbocycles. The van der Waals surface area contributed by atoms with Crippen molar-refractivity contribution in [3.63, 3.8) is 0 Å². The molecular formula is C72H98N13O19+.